The zero-order valence-electron chi connectivity index (χ0n) is 18.2. The molecule has 184 valence electrons. The van der Waals surface area contributed by atoms with Crippen molar-refractivity contribution in [2.24, 2.45) is 0 Å². The van der Waals surface area contributed by atoms with Crippen molar-refractivity contribution in [3.63, 3.8) is 0 Å². The van der Waals surface area contributed by atoms with Gasteiger partial charge in [-0.1, -0.05) is 43.3 Å². The van der Waals surface area contributed by atoms with Gasteiger partial charge in [0.05, 0.1) is 5.75 Å². The van der Waals surface area contributed by atoms with Gasteiger partial charge in [0.15, 0.2) is 0 Å². The summed E-state index contributed by atoms with van der Waals surface area (Å²) in [5.74, 6) is 0.644. The van der Waals surface area contributed by atoms with E-state index >= 15 is 0 Å². The summed E-state index contributed by atoms with van der Waals surface area (Å²) in [6, 6.07) is 14.2. The molecule has 0 saturated carbocycles. The van der Waals surface area contributed by atoms with Crippen LogP contribution in [-0.2, 0) is 26.5 Å². The lowest BCUT2D eigenvalue weighted by atomic mass is 10.0. The monoisotopic (exact) mass is 508 g/mol. The summed E-state index contributed by atoms with van der Waals surface area (Å²) in [5.41, 5.74) is -2.90. The molecule has 0 heterocycles. The van der Waals surface area contributed by atoms with Gasteiger partial charge in [0.1, 0.15) is 11.9 Å². The molecule has 1 unspecified atom stereocenters. The van der Waals surface area contributed by atoms with Crippen LogP contribution in [0.4, 0.5) is 13.2 Å². The molecule has 1 atom stereocenters. The van der Waals surface area contributed by atoms with Gasteiger partial charge in [0.2, 0.25) is 10.0 Å². The van der Waals surface area contributed by atoms with Crippen molar-refractivity contribution in [2.75, 3.05) is 18.8 Å². The molecule has 0 aliphatic carbocycles. The highest BCUT2D eigenvalue weighted by Crippen LogP contribution is 2.24. The van der Waals surface area contributed by atoms with Crippen LogP contribution in [0.3, 0.4) is 0 Å². The fourth-order valence-corrected chi connectivity index (χ4v) is 4.57. The number of alkyl halides is 3. The van der Waals surface area contributed by atoms with E-state index in [1.54, 1.807) is 50.2 Å². The summed E-state index contributed by atoms with van der Waals surface area (Å²) >= 11 is 0. The Balaban J connectivity index is 1.89. The Kier molecular flexibility index (Phi) is 9.29. The van der Waals surface area contributed by atoms with Gasteiger partial charge < -0.3 is 4.74 Å². The highest BCUT2D eigenvalue weighted by molar-refractivity contribution is 7.90. The van der Waals surface area contributed by atoms with Crippen molar-refractivity contribution >= 4 is 20.0 Å². The average molecular weight is 509 g/mol. The Morgan fingerprint density at radius 1 is 0.909 bits per heavy atom. The standard InChI is InChI=1S/C21H27F3N2O5S2/c1-3-14-32(27,28)26-15-16(2)31-20-10-8-19(9-11-20)18-6-4-17(5-7-18)12-13-25-33(29,30)21(22,23)24/h4-11,16,25-26H,3,12-15H2,1-2H3. The number of halogens is 3. The first kappa shape index (κ1) is 27.1. The molecule has 2 aromatic carbocycles. The molecule has 0 aliphatic heterocycles. The third-order valence-electron chi connectivity index (χ3n) is 4.55. The molecule has 0 fully saturated rings. The lowest BCUT2D eigenvalue weighted by Crippen LogP contribution is -2.37. The molecule has 0 radical (unpaired) electrons. The maximum absolute atomic E-state index is 12.3. The summed E-state index contributed by atoms with van der Waals surface area (Å²) < 4.78 is 92.2. The first-order valence-electron chi connectivity index (χ1n) is 10.2. The van der Waals surface area contributed by atoms with Gasteiger partial charge in [-0.2, -0.15) is 13.2 Å². The average Bonchev–Trinajstić information content (AvgIpc) is 2.73. The molecule has 0 amide bonds. The molecule has 2 aromatic rings. The van der Waals surface area contributed by atoms with Crippen LogP contribution in [0.25, 0.3) is 11.1 Å². The van der Waals surface area contributed by atoms with Crippen LogP contribution in [0, 0.1) is 0 Å². The summed E-state index contributed by atoms with van der Waals surface area (Å²) in [6.45, 7) is 3.34. The van der Waals surface area contributed by atoms with Crippen LogP contribution in [0.15, 0.2) is 48.5 Å². The lowest BCUT2D eigenvalue weighted by molar-refractivity contribution is -0.0447. The van der Waals surface area contributed by atoms with E-state index in [1.807, 2.05) is 12.1 Å². The molecule has 7 nitrogen and oxygen atoms in total. The van der Waals surface area contributed by atoms with Gasteiger partial charge in [-0.15, -0.1) is 0 Å². The van der Waals surface area contributed by atoms with Crippen LogP contribution >= 0.6 is 0 Å². The van der Waals surface area contributed by atoms with E-state index in [2.05, 4.69) is 4.72 Å². The summed E-state index contributed by atoms with van der Waals surface area (Å²) in [5, 5.41) is 0. The Bertz CT molecular complexity index is 1100. The zero-order chi connectivity index (χ0) is 24.7. The van der Waals surface area contributed by atoms with Gasteiger partial charge in [0.25, 0.3) is 0 Å². The minimum absolute atomic E-state index is 0.0659. The largest absolute Gasteiger partial charge is 0.511 e. The summed E-state index contributed by atoms with van der Waals surface area (Å²) in [4.78, 5) is 0. The quantitative estimate of drug-likeness (QED) is 0.458. The first-order chi connectivity index (χ1) is 15.3. The van der Waals surface area contributed by atoms with E-state index in [0.717, 1.165) is 11.1 Å². The van der Waals surface area contributed by atoms with E-state index < -0.39 is 25.6 Å². The van der Waals surface area contributed by atoms with Crippen molar-refractivity contribution in [3.8, 4) is 16.9 Å². The summed E-state index contributed by atoms with van der Waals surface area (Å²) in [7, 11) is -8.64. The Morgan fingerprint density at radius 2 is 1.45 bits per heavy atom. The Labute approximate surface area is 192 Å². The molecular formula is C21H27F3N2O5S2. The van der Waals surface area contributed by atoms with E-state index in [0.29, 0.717) is 17.7 Å². The Morgan fingerprint density at radius 3 is 1.97 bits per heavy atom. The molecule has 0 bridgehead atoms. The third-order valence-corrected chi connectivity index (χ3v) is 7.30. The molecular weight excluding hydrogens is 481 g/mol. The highest BCUT2D eigenvalue weighted by atomic mass is 32.2. The molecule has 0 aliphatic rings. The van der Waals surface area contributed by atoms with E-state index in [4.69, 9.17) is 4.74 Å². The fourth-order valence-electron chi connectivity index (χ4n) is 2.86. The van der Waals surface area contributed by atoms with E-state index in [9.17, 15) is 30.0 Å². The molecule has 2 N–H and O–H groups in total. The molecule has 0 spiro atoms. The second kappa shape index (κ2) is 11.3. The molecule has 2 rings (SSSR count). The maximum Gasteiger partial charge on any atom is 0.511 e. The molecule has 0 saturated heterocycles. The first-order valence-corrected chi connectivity index (χ1v) is 13.4. The van der Waals surface area contributed by atoms with Crippen molar-refractivity contribution < 1.29 is 34.7 Å². The fraction of sp³-hybridized carbons (Fsp3) is 0.429. The molecule has 12 heteroatoms. The van der Waals surface area contributed by atoms with Gasteiger partial charge >= 0.3 is 15.5 Å². The minimum Gasteiger partial charge on any atom is -0.489 e. The van der Waals surface area contributed by atoms with Crippen molar-refractivity contribution in [1.29, 1.82) is 0 Å². The zero-order valence-corrected chi connectivity index (χ0v) is 19.9. The molecule has 33 heavy (non-hydrogen) atoms. The summed E-state index contributed by atoms with van der Waals surface area (Å²) in [6.07, 6.45) is 0.281. The van der Waals surface area contributed by atoms with Crippen LogP contribution in [-0.4, -0.2) is 47.3 Å². The normalized spacial score (nSPS) is 13.6. The smallest absolute Gasteiger partial charge is 0.489 e. The number of hydrogen-bond donors (Lipinski definition) is 2. The van der Waals surface area contributed by atoms with Gasteiger partial charge in [-0.25, -0.2) is 26.3 Å². The number of rotatable bonds is 12. The van der Waals surface area contributed by atoms with Gasteiger partial charge in [-0.05, 0) is 48.6 Å². The van der Waals surface area contributed by atoms with Crippen LogP contribution < -0.4 is 14.2 Å². The van der Waals surface area contributed by atoms with Crippen LogP contribution in [0.1, 0.15) is 25.8 Å². The van der Waals surface area contributed by atoms with Gasteiger partial charge in [0, 0.05) is 13.1 Å². The number of hydrogen-bond acceptors (Lipinski definition) is 5. The van der Waals surface area contributed by atoms with Crippen molar-refractivity contribution in [1.82, 2.24) is 9.44 Å². The Hall–Kier alpha value is -2.15. The van der Waals surface area contributed by atoms with Crippen molar-refractivity contribution in [2.45, 2.75) is 38.3 Å². The van der Waals surface area contributed by atoms with Crippen LogP contribution in [0.5, 0.6) is 5.75 Å². The lowest BCUT2D eigenvalue weighted by Gasteiger charge is -2.16. The van der Waals surface area contributed by atoms with Crippen molar-refractivity contribution in [3.05, 3.63) is 54.1 Å². The van der Waals surface area contributed by atoms with Crippen LogP contribution in [0.2, 0.25) is 0 Å². The number of nitrogens with one attached hydrogen (secondary N) is 2. The number of benzene rings is 2. The minimum atomic E-state index is -5.34. The molecule has 0 aromatic heterocycles. The SMILES string of the molecule is CCCS(=O)(=O)NCC(C)Oc1ccc(-c2ccc(CCNS(=O)(=O)C(F)(F)F)cc2)cc1. The second-order valence-corrected chi connectivity index (χ2v) is 11.1. The third kappa shape index (κ3) is 8.61. The second-order valence-electron chi connectivity index (χ2n) is 7.41. The topological polar surface area (TPSA) is 102 Å². The predicted molar refractivity (Wildman–Crippen MR) is 121 cm³/mol. The maximum atomic E-state index is 12.3. The predicted octanol–water partition coefficient (Wildman–Crippen LogP) is 3.43. The number of sulfonamides is 2. The van der Waals surface area contributed by atoms with Gasteiger partial charge in [-0.3, -0.25) is 0 Å². The highest BCUT2D eigenvalue weighted by Gasteiger charge is 2.45. The van der Waals surface area contributed by atoms with E-state index in [1.165, 1.54) is 4.72 Å². The number of ether oxygens (including phenoxy) is 1. The van der Waals surface area contributed by atoms with E-state index in [-0.39, 0.29) is 31.4 Å².